The highest BCUT2D eigenvalue weighted by atomic mass is 15.0. The van der Waals surface area contributed by atoms with Crippen LogP contribution >= 0.6 is 0 Å². The van der Waals surface area contributed by atoms with E-state index < -0.39 is 0 Å². The molecule has 0 aliphatic heterocycles. The summed E-state index contributed by atoms with van der Waals surface area (Å²) in [6.45, 7) is 4.23. The third-order valence-corrected chi connectivity index (χ3v) is 2.82. The summed E-state index contributed by atoms with van der Waals surface area (Å²) in [5.74, 6) is 1.78. The molecule has 1 aromatic heterocycles. The monoisotopic (exact) mass is 241 g/mol. The van der Waals surface area contributed by atoms with Crippen molar-refractivity contribution in [2.24, 2.45) is 0 Å². The maximum absolute atomic E-state index is 4.63. The van der Waals surface area contributed by atoms with Crippen molar-refractivity contribution in [2.75, 3.05) is 12.4 Å². The first kappa shape index (κ1) is 12.6. The van der Waals surface area contributed by atoms with Gasteiger partial charge in [-0.15, -0.1) is 0 Å². The Labute approximate surface area is 108 Å². The summed E-state index contributed by atoms with van der Waals surface area (Å²) in [6.07, 6.45) is 1.97. The van der Waals surface area contributed by atoms with E-state index in [1.54, 1.807) is 0 Å². The SMILES string of the molecule is CCCc1nc(NC)cc(-c2cccc(C)c2)n1. The summed E-state index contributed by atoms with van der Waals surface area (Å²) in [5.41, 5.74) is 3.38. The van der Waals surface area contributed by atoms with Gasteiger partial charge in [0.15, 0.2) is 0 Å². The second-order valence-corrected chi connectivity index (χ2v) is 4.42. The van der Waals surface area contributed by atoms with E-state index in [0.717, 1.165) is 35.7 Å². The van der Waals surface area contributed by atoms with Crippen molar-refractivity contribution >= 4 is 5.82 Å². The zero-order chi connectivity index (χ0) is 13.0. The van der Waals surface area contributed by atoms with Gasteiger partial charge in [-0.3, -0.25) is 0 Å². The van der Waals surface area contributed by atoms with Crippen molar-refractivity contribution in [1.29, 1.82) is 0 Å². The van der Waals surface area contributed by atoms with Gasteiger partial charge in [0.05, 0.1) is 5.69 Å². The molecule has 1 heterocycles. The Bertz CT molecular complexity index is 535. The molecule has 0 saturated heterocycles. The van der Waals surface area contributed by atoms with Gasteiger partial charge in [0.1, 0.15) is 11.6 Å². The average molecular weight is 241 g/mol. The van der Waals surface area contributed by atoms with Gasteiger partial charge in [-0.2, -0.15) is 0 Å². The second kappa shape index (κ2) is 5.63. The lowest BCUT2D eigenvalue weighted by molar-refractivity contribution is 0.838. The first-order chi connectivity index (χ1) is 8.72. The van der Waals surface area contributed by atoms with Gasteiger partial charge in [-0.05, 0) is 19.4 Å². The number of benzene rings is 1. The van der Waals surface area contributed by atoms with Crippen molar-refractivity contribution in [2.45, 2.75) is 26.7 Å². The van der Waals surface area contributed by atoms with E-state index >= 15 is 0 Å². The predicted octanol–water partition coefficient (Wildman–Crippen LogP) is 3.45. The fraction of sp³-hybridized carbons (Fsp3) is 0.333. The lowest BCUT2D eigenvalue weighted by Gasteiger charge is -2.08. The minimum atomic E-state index is 0.880. The normalized spacial score (nSPS) is 10.4. The number of aromatic nitrogens is 2. The molecule has 0 aliphatic carbocycles. The van der Waals surface area contributed by atoms with Crippen molar-refractivity contribution in [1.82, 2.24) is 9.97 Å². The predicted molar refractivity (Wildman–Crippen MR) is 75.7 cm³/mol. The van der Waals surface area contributed by atoms with Crippen LogP contribution in [0.25, 0.3) is 11.3 Å². The van der Waals surface area contributed by atoms with Crippen LogP contribution in [0.4, 0.5) is 5.82 Å². The first-order valence-electron chi connectivity index (χ1n) is 6.35. The Kier molecular flexibility index (Phi) is 3.92. The molecular weight excluding hydrogens is 222 g/mol. The average Bonchev–Trinajstić information content (AvgIpc) is 2.39. The molecule has 0 unspecified atom stereocenters. The van der Waals surface area contributed by atoms with Crippen LogP contribution in [-0.4, -0.2) is 17.0 Å². The molecule has 0 saturated carbocycles. The molecule has 18 heavy (non-hydrogen) atoms. The van der Waals surface area contributed by atoms with Gasteiger partial charge >= 0.3 is 0 Å². The molecule has 94 valence electrons. The zero-order valence-corrected chi connectivity index (χ0v) is 11.2. The van der Waals surface area contributed by atoms with Crippen LogP contribution in [0.3, 0.4) is 0 Å². The van der Waals surface area contributed by atoms with Crippen molar-refractivity contribution < 1.29 is 0 Å². The quantitative estimate of drug-likeness (QED) is 0.891. The molecule has 0 bridgehead atoms. The summed E-state index contributed by atoms with van der Waals surface area (Å²) in [6, 6.07) is 10.4. The number of nitrogens with one attached hydrogen (secondary N) is 1. The van der Waals surface area contributed by atoms with Gasteiger partial charge in [-0.1, -0.05) is 30.7 Å². The van der Waals surface area contributed by atoms with E-state index in [1.807, 2.05) is 13.1 Å². The Morgan fingerprint density at radius 3 is 2.67 bits per heavy atom. The van der Waals surface area contributed by atoms with Crippen LogP contribution < -0.4 is 5.32 Å². The van der Waals surface area contributed by atoms with Gasteiger partial charge in [0, 0.05) is 25.1 Å². The highest BCUT2D eigenvalue weighted by Gasteiger charge is 2.05. The highest BCUT2D eigenvalue weighted by Crippen LogP contribution is 2.21. The smallest absolute Gasteiger partial charge is 0.131 e. The standard InChI is InChI=1S/C15H19N3/c1-4-6-14-17-13(10-15(16-3)18-14)12-8-5-7-11(2)9-12/h5,7-10H,4,6H2,1-3H3,(H,16,17,18). The van der Waals surface area contributed by atoms with E-state index in [-0.39, 0.29) is 0 Å². The molecule has 1 aromatic carbocycles. The summed E-state index contributed by atoms with van der Waals surface area (Å²) in [7, 11) is 1.89. The maximum atomic E-state index is 4.63. The topological polar surface area (TPSA) is 37.8 Å². The van der Waals surface area contributed by atoms with Crippen molar-refractivity contribution in [3.63, 3.8) is 0 Å². The van der Waals surface area contributed by atoms with Crippen molar-refractivity contribution in [3.05, 3.63) is 41.7 Å². The molecule has 0 aliphatic rings. The van der Waals surface area contributed by atoms with Crippen molar-refractivity contribution in [3.8, 4) is 11.3 Å². The number of nitrogens with zero attached hydrogens (tertiary/aromatic N) is 2. The minimum Gasteiger partial charge on any atom is -0.373 e. The molecule has 0 atom stereocenters. The Hall–Kier alpha value is -1.90. The Morgan fingerprint density at radius 2 is 2.00 bits per heavy atom. The fourth-order valence-electron chi connectivity index (χ4n) is 1.91. The zero-order valence-electron chi connectivity index (χ0n) is 11.2. The molecule has 2 rings (SSSR count). The summed E-state index contributed by atoms with van der Waals surface area (Å²) < 4.78 is 0. The van der Waals surface area contributed by atoms with Gasteiger partial charge in [-0.25, -0.2) is 9.97 Å². The third kappa shape index (κ3) is 2.86. The third-order valence-electron chi connectivity index (χ3n) is 2.82. The van der Waals surface area contributed by atoms with Crippen LogP contribution in [0, 0.1) is 6.92 Å². The lowest BCUT2D eigenvalue weighted by Crippen LogP contribution is -2.01. The van der Waals surface area contributed by atoms with E-state index in [0.29, 0.717) is 0 Å². The molecule has 1 N–H and O–H groups in total. The van der Waals surface area contributed by atoms with E-state index in [2.05, 4.69) is 53.4 Å². The second-order valence-electron chi connectivity index (χ2n) is 4.42. The van der Waals surface area contributed by atoms with Crippen LogP contribution in [0.15, 0.2) is 30.3 Å². The van der Waals surface area contributed by atoms with Gasteiger partial charge < -0.3 is 5.32 Å². The molecule has 0 radical (unpaired) electrons. The fourth-order valence-corrected chi connectivity index (χ4v) is 1.91. The Balaban J connectivity index is 2.46. The largest absolute Gasteiger partial charge is 0.373 e. The molecule has 0 spiro atoms. The molecule has 3 heteroatoms. The summed E-state index contributed by atoms with van der Waals surface area (Å²) >= 11 is 0. The van der Waals surface area contributed by atoms with E-state index in [1.165, 1.54) is 5.56 Å². The van der Waals surface area contributed by atoms with Gasteiger partial charge in [0.2, 0.25) is 0 Å². The number of hydrogen-bond acceptors (Lipinski definition) is 3. The van der Waals surface area contributed by atoms with Crippen LogP contribution in [0.1, 0.15) is 24.7 Å². The van der Waals surface area contributed by atoms with E-state index in [4.69, 9.17) is 0 Å². The van der Waals surface area contributed by atoms with E-state index in [9.17, 15) is 0 Å². The Morgan fingerprint density at radius 1 is 1.17 bits per heavy atom. The van der Waals surface area contributed by atoms with Crippen LogP contribution in [-0.2, 0) is 6.42 Å². The number of anilines is 1. The summed E-state index contributed by atoms with van der Waals surface area (Å²) in [5, 5.41) is 3.10. The van der Waals surface area contributed by atoms with Gasteiger partial charge in [0.25, 0.3) is 0 Å². The number of hydrogen-bond donors (Lipinski definition) is 1. The molecule has 2 aromatic rings. The summed E-state index contributed by atoms with van der Waals surface area (Å²) in [4.78, 5) is 9.10. The molecule has 0 fully saturated rings. The number of rotatable bonds is 4. The molecular formula is C15H19N3. The number of aryl methyl sites for hydroxylation is 2. The minimum absolute atomic E-state index is 0.880. The molecule has 0 amide bonds. The van der Waals surface area contributed by atoms with Crippen LogP contribution in [0.5, 0.6) is 0 Å². The lowest BCUT2D eigenvalue weighted by atomic mass is 10.1. The van der Waals surface area contributed by atoms with Crippen LogP contribution in [0.2, 0.25) is 0 Å². The molecule has 3 nitrogen and oxygen atoms in total. The first-order valence-corrected chi connectivity index (χ1v) is 6.35. The maximum Gasteiger partial charge on any atom is 0.131 e. The highest BCUT2D eigenvalue weighted by molar-refractivity contribution is 5.63.